The highest BCUT2D eigenvalue weighted by molar-refractivity contribution is 6.35. The second-order valence-corrected chi connectivity index (χ2v) is 4.92. The third-order valence-corrected chi connectivity index (χ3v) is 3.42. The van der Waals surface area contributed by atoms with E-state index in [2.05, 4.69) is 22.1 Å². The fourth-order valence-corrected chi connectivity index (χ4v) is 2.30. The first-order valence-corrected chi connectivity index (χ1v) is 7.03. The minimum atomic E-state index is 0.558. The van der Waals surface area contributed by atoms with Crippen molar-refractivity contribution in [3.05, 3.63) is 71.4 Å². The quantitative estimate of drug-likeness (QED) is 0.710. The Hall–Kier alpha value is -2.50. The molecular formula is C18H13ClN2. The first kappa shape index (κ1) is 13.5. The van der Waals surface area contributed by atoms with E-state index in [-0.39, 0.29) is 0 Å². The van der Waals surface area contributed by atoms with Crippen molar-refractivity contribution in [2.75, 3.05) is 11.9 Å². The van der Waals surface area contributed by atoms with Crippen LogP contribution in [0.1, 0.15) is 5.56 Å². The normalized spacial score (nSPS) is 9.95. The Bertz CT molecular complexity index is 817. The lowest BCUT2D eigenvalue weighted by Gasteiger charge is -2.07. The maximum absolute atomic E-state index is 6.17. The number of benzene rings is 2. The Kier molecular flexibility index (Phi) is 4.04. The molecule has 1 N–H and O–H groups in total. The summed E-state index contributed by atoms with van der Waals surface area (Å²) in [5, 5.41) is 4.94. The fourth-order valence-electron chi connectivity index (χ4n) is 2.09. The van der Waals surface area contributed by atoms with Crippen molar-refractivity contribution in [3.8, 4) is 11.8 Å². The molecule has 102 valence electrons. The molecule has 2 aromatic carbocycles. The van der Waals surface area contributed by atoms with E-state index in [1.165, 1.54) is 0 Å². The Morgan fingerprint density at radius 2 is 1.86 bits per heavy atom. The van der Waals surface area contributed by atoms with E-state index in [4.69, 9.17) is 11.6 Å². The third-order valence-electron chi connectivity index (χ3n) is 3.09. The van der Waals surface area contributed by atoms with Crippen molar-refractivity contribution >= 4 is 28.2 Å². The second kappa shape index (κ2) is 6.30. The van der Waals surface area contributed by atoms with Gasteiger partial charge in [-0.1, -0.05) is 41.6 Å². The fraction of sp³-hybridized carbons (Fsp3) is 0.0556. The monoisotopic (exact) mass is 292 g/mol. The Labute approximate surface area is 128 Å². The number of fused-ring (bicyclic) bond motifs is 1. The van der Waals surface area contributed by atoms with Crippen LogP contribution in [0.25, 0.3) is 10.9 Å². The summed E-state index contributed by atoms with van der Waals surface area (Å²) in [6, 6.07) is 17.6. The molecule has 21 heavy (non-hydrogen) atoms. The zero-order valence-electron chi connectivity index (χ0n) is 11.3. The summed E-state index contributed by atoms with van der Waals surface area (Å²) >= 11 is 6.17. The van der Waals surface area contributed by atoms with Gasteiger partial charge in [0.25, 0.3) is 0 Å². The number of hydrogen-bond donors (Lipinski definition) is 1. The Morgan fingerprint density at radius 1 is 1.00 bits per heavy atom. The molecule has 0 radical (unpaired) electrons. The van der Waals surface area contributed by atoms with Crippen LogP contribution in [-0.4, -0.2) is 11.5 Å². The molecule has 0 amide bonds. The van der Waals surface area contributed by atoms with Crippen LogP contribution in [0.5, 0.6) is 0 Å². The number of aromatic nitrogens is 1. The summed E-state index contributed by atoms with van der Waals surface area (Å²) in [6.45, 7) is 0.558. The van der Waals surface area contributed by atoms with Gasteiger partial charge in [-0.3, -0.25) is 4.98 Å². The summed E-state index contributed by atoms with van der Waals surface area (Å²) in [5.41, 5.74) is 2.82. The lowest BCUT2D eigenvalue weighted by atomic mass is 10.2. The molecule has 0 aliphatic heterocycles. The molecule has 0 spiro atoms. The zero-order valence-corrected chi connectivity index (χ0v) is 12.1. The van der Waals surface area contributed by atoms with Gasteiger partial charge in [0.2, 0.25) is 0 Å². The maximum Gasteiger partial charge on any atom is 0.0948 e. The maximum atomic E-state index is 6.17. The van der Waals surface area contributed by atoms with Gasteiger partial charge >= 0.3 is 0 Å². The number of pyridine rings is 1. The second-order valence-electron chi connectivity index (χ2n) is 4.52. The van der Waals surface area contributed by atoms with Crippen molar-refractivity contribution in [1.82, 2.24) is 4.98 Å². The van der Waals surface area contributed by atoms with Crippen molar-refractivity contribution < 1.29 is 0 Å². The van der Waals surface area contributed by atoms with E-state index in [1.807, 2.05) is 54.6 Å². The highest BCUT2D eigenvalue weighted by atomic mass is 35.5. The van der Waals surface area contributed by atoms with Crippen molar-refractivity contribution in [3.63, 3.8) is 0 Å². The minimum absolute atomic E-state index is 0.558. The molecule has 0 saturated carbocycles. The van der Waals surface area contributed by atoms with E-state index in [9.17, 15) is 0 Å². The largest absolute Gasteiger partial charge is 0.372 e. The summed E-state index contributed by atoms with van der Waals surface area (Å²) in [6.07, 6.45) is 1.76. The number of anilines is 1. The standard InChI is InChI=1S/C18H13ClN2/c19-16-10-11-17(18-15(16)9-5-13-21-18)20-12-4-8-14-6-2-1-3-7-14/h1-3,5-7,9-11,13,20H,12H2. The average Bonchev–Trinajstić information content (AvgIpc) is 2.55. The predicted octanol–water partition coefficient (Wildman–Crippen LogP) is 4.35. The van der Waals surface area contributed by atoms with Crippen LogP contribution >= 0.6 is 11.6 Å². The molecule has 3 rings (SSSR count). The first-order chi connectivity index (χ1) is 10.3. The van der Waals surface area contributed by atoms with Gasteiger partial charge < -0.3 is 5.32 Å². The van der Waals surface area contributed by atoms with E-state index in [0.717, 1.165) is 22.2 Å². The van der Waals surface area contributed by atoms with Gasteiger partial charge in [-0.05, 0) is 36.4 Å². The number of hydrogen-bond acceptors (Lipinski definition) is 2. The van der Waals surface area contributed by atoms with Crippen LogP contribution in [0.2, 0.25) is 5.02 Å². The van der Waals surface area contributed by atoms with Gasteiger partial charge in [-0.2, -0.15) is 0 Å². The van der Waals surface area contributed by atoms with Gasteiger partial charge in [0.05, 0.1) is 22.8 Å². The average molecular weight is 293 g/mol. The molecule has 0 saturated heterocycles. The van der Waals surface area contributed by atoms with Gasteiger partial charge in [0.1, 0.15) is 0 Å². The summed E-state index contributed by atoms with van der Waals surface area (Å²) in [5.74, 6) is 6.22. The molecule has 1 heterocycles. The highest BCUT2D eigenvalue weighted by Gasteiger charge is 2.04. The van der Waals surface area contributed by atoms with Crippen LogP contribution in [-0.2, 0) is 0 Å². The van der Waals surface area contributed by atoms with Gasteiger partial charge in [-0.25, -0.2) is 0 Å². The number of rotatable bonds is 2. The van der Waals surface area contributed by atoms with E-state index in [1.54, 1.807) is 6.20 Å². The zero-order chi connectivity index (χ0) is 14.5. The Morgan fingerprint density at radius 3 is 2.71 bits per heavy atom. The van der Waals surface area contributed by atoms with Crippen molar-refractivity contribution in [2.45, 2.75) is 0 Å². The van der Waals surface area contributed by atoms with Crippen LogP contribution in [0, 0.1) is 11.8 Å². The Balaban J connectivity index is 1.78. The van der Waals surface area contributed by atoms with Crippen LogP contribution in [0.4, 0.5) is 5.69 Å². The van der Waals surface area contributed by atoms with Crippen LogP contribution < -0.4 is 5.32 Å². The molecule has 3 heteroatoms. The van der Waals surface area contributed by atoms with Crippen LogP contribution in [0.3, 0.4) is 0 Å². The molecule has 2 nitrogen and oxygen atoms in total. The number of nitrogens with one attached hydrogen (secondary N) is 1. The summed E-state index contributed by atoms with van der Waals surface area (Å²) in [7, 11) is 0. The topological polar surface area (TPSA) is 24.9 Å². The molecule has 0 aliphatic carbocycles. The molecule has 0 aliphatic rings. The lowest BCUT2D eigenvalue weighted by Crippen LogP contribution is -2.00. The third kappa shape index (κ3) is 3.16. The minimum Gasteiger partial charge on any atom is -0.372 e. The smallest absolute Gasteiger partial charge is 0.0948 e. The van der Waals surface area contributed by atoms with E-state index < -0.39 is 0 Å². The van der Waals surface area contributed by atoms with Gasteiger partial charge in [0.15, 0.2) is 0 Å². The molecule has 3 aromatic rings. The van der Waals surface area contributed by atoms with Gasteiger partial charge in [-0.15, -0.1) is 0 Å². The number of nitrogens with zero attached hydrogens (tertiary/aromatic N) is 1. The first-order valence-electron chi connectivity index (χ1n) is 6.65. The molecular weight excluding hydrogens is 280 g/mol. The SMILES string of the molecule is Clc1ccc(NCC#Cc2ccccc2)c2ncccc12. The molecule has 0 unspecified atom stereocenters. The summed E-state index contributed by atoms with van der Waals surface area (Å²) < 4.78 is 0. The predicted molar refractivity (Wildman–Crippen MR) is 88.6 cm³/mol. The summed E-state index contributed by atoms with van der Waals surface area (Å²) in [4.78, 5) is 4.38. The molecule has 0 fully saturated rings. The van der Waals surface area contributed by atoms with E-state index >= 15 is 0 Å². The molecule has 1 aromatic heterocycles. The molecule has 0 atom stereocenters. The number of halogens is 1. The van der Waals surface area contributed by atoms with Gasteiger partial charge in [0, 0.05) is 17.1 Å². The molecule has 0 bridgehead atoms. The lowest BCUT2D eigenvalue weighted by molar-refractivity contribution is 1.35. The highest BCUT2D eigenvalue weighted by Crippen LogP contribution is 2.27. The van der Waals surface area contributed by atoms with E-state index in [0.29, 0.717) is 11.6 Å². The van der Waals surface area contributed by atoms with Crippen molar-refractivity contribution in [2.24, 2.45) is 0 Å². The van der Waals surface area contributed by atoms with Crippen LogP contribution in [0.15, 0.2) is 60.8 Å². The van der Waals surface area contributed by atoms with Crippen molar-refractivity contribution in [1.29, 1.82) is 0 Å².